The van der Waals surface area contributed by atoms with Gasteiger partial charge in [0, 0.05) is 19.3 Å². The largest absolute Gasteiger partial charge is 0.329 e. The van der Waals surface area contributed by atoms with Gasteiger partial charge in [-0.3, -0.25) is 0 Å². The van der Waals surface area contributed by atoms with Gasteiger partial charge in [0.2, 0.25) is 0 Å². The zero-order valence-corrected chi connectivity index (χ0v) is 12.0. The highest BCUT2D eigenvalue weighted by Gasteiger charge is 2.08. The highest BCUT2D eigenvalue weighted by atomic mass is 35.5. The number of anilines is 2. The second-order valence-electron chi connectivity index (χ2n) is 4.38. The van der Waals surface area contributed by atoms with E-state index >= 15 is 0 Å². The highest BCUT2D eigenvalue weighted by Crippen LogP contribution is 2.24. The summed E-state index contributed by atoms with van der Waals surface area (Å²) in [4.78, 5) is 6.50. The monoisotopic (exact) mass is 275 g/mol. The number of rotatable bonds is 4. The molecule has 0 fully saturated rings. The Hall–Kier alpha value is -1.58. The molecule has 0 aliphatic heterocycles. The van der Waals surface area contributed by atoms with Crippen molar-refractivity contribution in [2.75, 3.05) is 11.9 Å². The normalized spacial score (nSPS) is 10.5. The van der Waals surface area contributed by atoms with E-state index in [1.54, 1.807) is 0 Å². The first-order valence-electron chi connectivity index (χ1n) is 6.34. The van der Waals surface area contributed by atoms with Gasteiger partial charge in [0.15, 0.2) is 0 Å². The van der Waals surface area contributed by atoms with Gasteiger partial charge in [-0.1, -0.05) is 30.7 Å². The van der Waals surface area contributed by atoms with Crippen LogP contribution in [-0.2, 0) is 13.0 Å². The molecular weight excluding hydrogens is 258 g/mol. The van der Waals surface area contributed by atoms with E-state index in [1.165, 1.54) is 5.56 Å². The van der Waals surface area contributed by atoms with Crippen LogP contribution in [0.5, 0.6) is 0 Å². The summed E-state index contributed by atoms with van der Waals surface area (Å²) < 4.78 is 0. The maximum Gasteiger partial charge on any atom is 0.133 e. The summed E-state index contributed by atoms with van der Waals surface area (Å²) in [7, 11) is 1.98. The molecule has 1 heterocycles. The molecule has 0 unspecified atom stereocenters. The molecule has 0 aliphatic rings. The van der Waals surface area contributed by atoms with Gasteiger partial charge in [-0.25, -0.2) is 4.98 Å². The zero-order valence-electron chi connectivity index (χ0n) is 11.2. The van der Waals surface area contributed by atoms with Gasteiger partial charge in [0.25, 0.3) is 0 Å². The molecule has 1 aromatic heterocycles. The third-order valence-corrected chi connectivity index (χ3v) is 3.52. The van der Waals surface area contributed by atoms with Gasteiger partial charge in [-0.05, 0) is 36.2 Å². The average molecular weight is 276 g/mol. The summed E-state index contributed by atoms with van der Waals surface area (Å²) in [5.41, 5.74) is 8.77. The van der Waals surface area contributed by atoms with Gasteiger partial charge in [-0.2, -0.15) is 0 Å². The van der Waals surface area contributed by atoms with Crippen molar-refractivity contribution in [1.29, 1.82) is 0 Å². The summed E-state index contributed by atoms with van der Waals surface area (Å²) >= 11 is 6.03. The number of aryl methyl sites for hydroxylation is 1. The fraction of sp³-hybridized carbons (Fsp3) is 0.267. The SMILES string of the molecule is CCc1ccc(N(C)c2ccc(Cl)c(CN)n2)cc1. The fourth-order valence-corrected chi connectivity index (χ4v) is 2.07. The lowest BCUT2D eigenvalue weighted by atomic mass is 10.1. The molecule has 0 radical (unpaired) electrons. The maximum absolute atomic E-state index is 6.03. The standard InChI is InChI=1S/C15H18ClN3/c1-3-11-4-6-12(7-5-11)19(2)15-9-8-13(16)14(10-17)18-15/h4-9H,3,10,17H2,1-2H3. The van der Waals surface area contributed by atoms with E-state index in [0.717, 1.165) is 23.6 Å². The third-order valence-electron chi connectivity index (χ3n) is 3.17. The minimum absolute atomic E-state index is 0.343. The van der Waals surface area contributed by atoms with Crippen molar-refractivity contribution >= 4 is 23.1 Å². The molecule has 19 heavy (non-hydrogen) atoms. The van der Waals surface area contributed by atoms with Crippen LogP contribution < -0.4 is 10.6 Å². The Bertz CT molecular complexity index is 552. The number of hydrogen-bond donors (Lipinski definition) is 1. The maximum atomic E-state index is 6.03. The number of nitrogens with two attached hydrogens (primary N) is 1. The van der Waals surface area contributed by atoms with Crippen molar-refractivity contribution in [3.8, 4) is 0 Å². The Labute approximate surface area is 119 Å². The molecule has 0 saturated heterocycles. The lowest BCUT2D eigenvalue weighted by Crippen LogP contribution is -2.13. The van der Waals surface area contributed by atoms with Crippen LogP contribution in [-0.4, -0.2) is 12.0 Å². The Morgan fingerprint density at radius 2 is 1.84 bits per heavy atom. The van der Waals surface area contributed by atoms with E-state index in [9.17, 15) is 0 Å². The first kappa shape index (κ1) is 13.8. The third kappa shape index (κ3) is 3.06. The molecule has 0 saturated carbocycles. The van der Waals surface area contributed by atoms with E-state index in [-0.39, 0.29) is 0 Å². The molecule has 0 aliphatic carbocycles. The predicted molar refractivity (Wildman–Crippen MR) is 81.0 cm³/mol. The van der Waals surface area contributed by atoms with Crippen molar-refractivity contribution in [3.63, 3.8) is 0 Å². The van der Waals surface area contributed by atoms with Gasteiger partial charge in [0.1, 0.15) is 5.82 Å². The van der Waals surface area contributed by atoms with E-state index in [2.05, 4.69) is 36.2 Å². The smallest absolute Gasteiger partial charge is 0.133 e. The molecule has 0 atom stereocenters. The number of aromatic nitrogens is 1. The van der Waals surface area contributed by atoms with Crippen LogP contribution in [0.4, 0.5) is 11.5 Å². The summed E-state index contributed by atoms with van der Waals surface area (Å²) in [5.74, 6) is 0.842. The molecule has 4 heteroatoms. The van der Waals surface area contributed by atoms with Crippen LogP contribution in [0.15, 0.2) is 36.4 Å². The Kier molecular flexibility index (Phi) is 4.40. The Morgan fingerprint density at radius 1 is 1.16 bits per heavy atom. The van der Waals surface area contributed by atoms with Crippen molar-refractivity contribution in [1.82, 2.24) is 4.98 Å². The van der Waals surface area contributed by atoms with Gasteiger partial charge in [-0.15, -0.1) is 0 Å². The summed E-state index contributed by atoms with van der Waals surface area (Å²) in [6.07, 6.45) is 1.04. The minimum atomic E-state index is 0.343. The van der Waals surface area contributed by atoms with Gasteiger partial charge >= 0.3 is 0 Å². The molecule has 2 rings (SSSR count). The number of pyridine rings is 1. The molecule has 2 N–H and O–H groups in total. The Morgan fingerprint density at radius 3 is 2.42 bits per heavy atom. The summed E-state index contributed by atoms with van der Waals surface area (Å²) in [6, 6.07) is 12.2. The zero-order chi connectivity index (χ0) is 13.8. The molecule has 100 valence electrons. The fourth-order valence-electron chi connectivity index (χ4n) is 1.89. The van der Waals surface area contributed by atoms with Crippen LogP contribution >= 0.6 is 11.6 Å². The number of nitrogens with zero attached hydrogens (tertiary/aromatic N) is 2. The van der Waals surface area contributed by atoms with Crippen LogP contribution in [0.3, 0.4) is 0 Å². The predicted octanol–water partition coefficient (Wildman–Crippen LogP) is 3.52. The first-order chi connectivity index (χ1) is 9.15. The van der Waals surface area contributed by atoms with Gasteiger partial charge < -0.3 is 10.6 Å². The number of benzene rings is 1. The molecular formula is C15H18ClN3. The second kappa shape index (κ2) is 6.04. The molecule has 2 aromatic rings. The van der Waals surface area contributed by atoms with Gasteiger partial charge in [0.05, 0.1) is 10.7 Å². The average Bonchev–Trinajstić information content (AvgIpc) is 2.47. The summed E-state index contributed by atoms with van der Waals surface area (Å²) in [5, 5.41) is 0.612. The van der Waals surface area contributed by atoms with Crippen molar-refractivity contribution in [2.45, 2.75) is 19.9 Å². The van der Waals surface area contributed by atoms with Crippen molar-refractivity contribution < 1.29 is 0 Å². The van der Waals surface area contributed by atoms with Crippen LogP contribution in [0.2, 0.25) is 5.02 Å². The first-order valence-corrected chi connectivity index (χ1v) is 6.71. The lowest BCUT2D eigenvalue weighted by Gasteiger charge is -2.19. The van der Waals surface area contributed by atoms with Crippen molar-refractivity contribution in [2.24, 2.45) is 5.73 Å². The van der Waals surface area contributed by atoms with E-state index in [1.807, 2.05) is 24.1 Å². The van der Waals surface area contributed by atoms with Crippen LogP contribution in [0.25, 0.3) is 0 Å². The number of hydrogen-bond acceptors (Lipinski definition) is 3. The molecule has 0 spiro atoms. The minimum Gasteiger partial charge on any atom is -0.329 e. The van der Waals surface area contributed by atoms with E-state index < -0.39 is 0 Å². The second-order valence-corrected chi connectivity index (χ2v) is 4.79. The topological polar surface area (TPSA) is 42.1 Å². The van der Waals surface area contributed by atoms with Crippen LogP contribution in [0, 0.1) is 0 Å². The molecule has 0 amide bonds. The lowest BCUT2D eigenvalue weighted by molar-refractivity contribution is 0.974. The highest BCUT2D eigenvalue weighted by molar-refractivity contribution is 6.31. The molecule has 3 nitrogen and oxygen atoms in total. The molecule has 0 bridgehead atoms. The summed E-state index contributed by atoms with van der Waals surface area (Å²) in [6.45, 7) is 2.49. The quantitative estimate of drug-likeness (QED) is 0.928. The van der Waals surface area contributed by atoms with E-state index in [0.29, 0.717) is 11.6 Å². The Balaban J connectivity index is 2.29. The van der Waals surface area contributed by atoms with Crippen LogP contribution in [0.1, 0.15) is 18.2 Å². The van der Waals surface area contributed by atoms with Crippen molar-refractivity contribution in [3.05, 3.63) is 52.7 Å². The number of halogens is 1. The van der Waals surface area contributed by atoms with E-state index in [4.69, 9.17) is 17.3 Å². The molecule has 1 aromatic carbocycles.